The van der Waals surface area contributed by atoms with Crippen LogP contribution >= 0.6 is 11.8 Å². The standard InChI is InChI=1S/C16H19N9S/c1-9-10(2)21-15-22-16(23-25(15)11(9)3)26-6-4-5-24-8-20-12-13(17)18-7-19-14(12)24/h7-8H,4-6H2,1-3H3,(H2,17,18,19). The van der Waals surface area contributed by atoms with Gasteiger partial charge in [-0.1, -0.05) is 11.8 Å². The molecule has 4 aromatic heterocycles. The molecule has 0 aliphatic carbocycles. The summed E-state index contributed by atoms with van der Waals surface area (Å²) in [5.74, 6) is 1.94. The lowest BCUT2D eigenvalue weighted by Crippen LogP contribution is -2.02. The summed E-state index contributed by atoms with van der Waals surface area (Å²) < 4.78 is 3.80. The predicted molar refractivity (Wildman–Crippen MR) is 100 cm³/mol. The molecule has 0 aliphatic rings. The maximum absolute atomic E-state index is 5.81. The van der Waals surface area contributed by atoms with Crippen molar-refractivity contribution >= 4 is 34.5 Å². The first-order valence-electron chi connectivity index (χ1n) is 8.29. The fourth-order valence-electron chi connectivity index (χ4n) is 2.76. The zero-order valence-electron chi connectivity index (χ0n) is 14.8. The van der Waals surface area contributed by atoms with Crippen LogP contribution in [0.15, 0.2) is 17.8 Å². The molecular formula is C16H19N9S. The Morgan fingerprint density at radius 2 is 1.96 bits per heavy atom. The highest BCUT2D eigenvalue weighted by Gasteiger charge is 2.11. The van der Waals surface area contributed by atoms with Gasteiger partial charge in [-0.15, -0.1) is 5.10 Å². The molecule has 10 heteroatoms. The first-order valence-corrected chi connectivity index (χ1v) is 9.28. The van der Waals surface area contributed by atoms with Crippen molar-refractivity contribution in [1.29, 1.82) is 0 Å². The summed E-state index contributed by atoms with van der Waals surface area (Å²) in [7, 11) is 0. The Labute approximate surface area is 154 Å². The summed E-state index contributed by atoms with van der Waals surface area (Å²) in [5.41, 5.74) is 10.4. The molecular weight excluding hydrogens is 350 g/mol. The van der Waals surface area contributed by atoms with Gasteiger partial charge < -0.3 is 10.3 Å². The minimum atomic E-state index is 0.408. The molecule has 4 heterocycles. The van der Waals surface area contributed by atoms with Crippen LogP contribution in [0, 0.1) is 20.8 Å². The predicted octanol–water partition coefficient (Wildman–Crippen LogP) is 1.95. The number of rotatable bonds is 5. The highest BCUT2D eigenvalue weighted by atomic mass is 32.2. The fourth-order valence-corrected chi connectivity index (χ4v) is 3.50. The summed E-state index contributed by atoms with van der Waals surface area (Å²) in [6, 6.07) is 0. The van der Waals surface area contributed by atoms with Gasteiger partial charge in [0.2, 0.25) is 5.16 Å². The number of hydrogen-bond acceptors (Lipinski definition) is 8. The van der Waals surface area contributed by atoms with Gasteiger partial charge >= 0.3 is 0 Å². The van der Waals surface area contributed by atoms with Crippen molar-refractivity contribution in [2.45, 2.75) is 38.9 Å². The number of aryl methyl sites for hydroxylation is 3. The Morgan fingerprint density at radius 3 is 2.81 bits per heavy atom. The third kappa shape index (κ3) is 2.85. The molecule has 4 rings (SSSR count). The largest absolute Gasteiger partial charge is 0.382 e. The third-order valence-corrected chi connectivity index (χ3v) is 5.37. The molecule has 2 N–H and O–H groups in total. The monoisotopic (exact) mass is 369 g/mol. The molecule has 4 aromatic rings. The normalized spacial score (nSPS) is 11.7. The molecule has 0 saturated carbocycles. The lowest BCUT2D eigenvalue weighted by Gasteiger charge is -2.04. The summed E-state index contributed by atoms with van der Waals surface area (Å²) in [6.45, 7) is 6.88. The number of anilines is 1. The van der Waals surface area contributed by atoms with Crippen LogP contribution in [0.25, 0.3) is 16.9 Å². The Hall–Kier alpha value is -2.75. The van der Waals surface area contributed by atoms with Crippen LogP contribution in [-0.4, -0.2) is 44.9 Å². The van der Waals surface area contributed by atoms with Crippen molar-refractivity contribution in [2.24, 2.45) is 0 Å². The number of hydrogen-bond donors (Lipinski definition) is 1. The van der Waals surface area contributed by atoms with Crippen molar-refractivity contribution < 1.29 is 0 Å². The molecule has 9 nitrogen and oxygen atoms in total. The molecule has 0 radical (unpaired) electrons. The minimum Gasteiger partial charge on any atom is -0.382 e. The number of nitrogens with two attached hydrogens (primary N) is 1. The zero-order chi connectivity index (χ0) is 18.3. The van der Waals surface area contributed by atoms with E-state index in [4.69, 9.17) is 5.73 Å². The third-order valence-electron chi connectivity index (χ3n) is 4.45. The summed E-state index contributed by atoms with van der Waals surface area (Å²) in [4.78, 5) is 21.5. The summed E-state index contributed by atoms with van der Waals surface area (Å²) in [6.07, 6.45) is 4.15. The van der Waals surface area contributed by atoms with Gasteiger partial charge in [-0.3, -0.25) is 0 Å². The van der Waals surface area contributed by atoms with Crippen LogP contribution in [0.5, 0.6) is 0 Å². The van der Waals surface area contributed by atoms with Gasteiger partial charge in [-0.2, -0.15) is 4.98 Å². The molecule has 26 heavy (non-hydrogen) atoms. The topological polar surface area (TPSA) is 113 Å². The van der Waals surface area contributed by atoms with Crippen LogP contribution in [0.1, 0.15) is 23.4 Å². The van der Waals surface area contributed by atoms with Crippen LogP contribution < -0.4 is 5.73 Å². The van der Waals surface area contributed by atoms with E-state index in [1.807, 2.05) is 22.9 Å². The van der Waals surface area contributed by atoms with E-state index >= 15 is 0 Å². The number of thioether (sulfide) groups is 1. The SMILES string of the molecule is Cc1nc2nc(SCCCn3cnc4c(N)ncnc43)nn2c(C)c1C. The molecule has 134 valence electrons. The average Bonchev–Trinajstić information content (AvgIpc) is 3.22. The number of nitrogen functional groups attached to an aromatic ring is 1. The zero-order valence-corrected chi connectivity index (χ0v) is 15.7. The second-order valence-electron chi connectivity index (χ2n) is 6.08. The van der Waals surface area contributed by atoms with Gasteiger partial charge in [-0.05, 0) is 32.8 Å². The van der Waals surface area contributed by atoms with E-state index < -0.39 is 0 Å². The Bertz CT molecular complexity index is 1100. The quantitative estimate of drug-likeness (QED) is 0.419. The average molecular weight is 369 g/mol. The van der Waals surface area contributed by atoms with Crippen molar-refractivity contribution in [2.75, 3.05) is 11.5 Å². The van der Waals surface area contributed by atoms with E-state index in [0.717, 1.165) is 46.5 Å². The van der Waals surface area contributed by atoms with Crippen molar-refractivity contribution in [3.05, 3.63) is 29.6 Å². The van der Waals surface area contributed by atoms with Gasteiger partial charge in [0.25, 0.3) is 5.78 Å². The molecule has 0 atom stereocenters. The molecule has 0 bridgehead atoms. The molecule has 0 amide bonds. The molecule has 0 aromatic carbocycles. The number of aromatic nitrogens is 8. The van der Waals surface area contributed by atoms with Gasteiger partial charge in [0.15, 0.2) is 11.5 Å². The first kappa shape index (κ1) is 16.7. The Morgan fingerprint density at radius 1 is 1.12 bits per heavy atom. The van der Waals surface area contributed by atoms with Gasteiger partial charge in [0, 0.05) is 23.7 Å². The van der Waals surface area contributed by atoms with Crippen LogP contribution in [-0.2, 0) is 6.54 Å². The Balaban J connectivity index is 1.42. The smallest absolute Gasteiger partial charge is 0.253 e. The highest BCUT2D eigenvalue weighted by Crippen LogP contribution is 2.19. The fraction of sp³-hybridized carbons (Fsp3) is 0.375. The van der Waals surface area contributed by atoms with E-state index in [1.165, 1.54) is 6.33 Å². The van der Waals surface area contributed by atoms with Gasteiger partial charge in [0.05, 0.1) is 6.33 Å². The minimum absolute atomic E-state index is 0.408. The van der Waals surface area contributed by atoms with E-state index in [-0.39, 0.29) is 0 Å². The molecule has 0 aliphatic heterocycles. The molecule has 0 spiro atoms. The molecule has 0 fully saturated rings. The maximum Gasteiger partial charge on any atom is 0.253 e. The second-order valence-corrected chi connectivity index (χ2v) is 7.15. The van der Waals surface area contributed by atoms with Crippen LogP contribution in [0.4, 0.5) is 5.82 Å². The second kappa shape index (κ2) is 6.52. The first-order chi connectivity index (χ1) is 12.5. The van der Waals surface area contributed by atoms with E-state index in [2.05, 4.69) is 36.9 Å². The van der Waals surface area contributed by atoms with E-state index in [0.29, 0.717) is 17.1 Å². The van der Waals surface area contributed by atoms with E-state index in [1.54, 1.807) is 18.1 Å². The van der Waals surface area contributed by atoms with Gasteiger partial charge in [-0.25, -0.2) is 24.5 Å². The van der Waals surface area contributed by atoms with Crippen LogP contribution in [0.3, 0.4) is 0 Å². The highest BCUT2D eigenvalue weighted by molar-refractivity contribution is 7.99. The molecule has 0 unspecified atom stereocenters. The van der Waals surface area contributed by atoms with E-state index in [9.17, 15) is 0 Å². The van der Waals surface area contributed by atoms with Gasteiger partial charge in [0.1, 0.15) is 11.8 Å². The Kier molecular flexibility index (Phi) is 4.19. The number of nitrogens with zero attached hydrogens (tertiary/aromatic N) is 8. The lowest BCUT2D eigenvalue weighted by atomic mass is 10.2. The molecule has 0 saturated heterocycles. The van der Waals surface area contributed by atoms with Crippen molar-refractivity contribution in [1.82, 2.24) is 39.1 Å². The number of imidazole rings is 1. The number of fused-ring (bicyclic) bond motifs is 2. The van der Waals surface area contributed by atoms with Crippen LogP contribution in [0.2, 0.25) is 0 Å². The maximum atomic E-state index is 5.81. The lowest BCUT2D eigenvalue weighted by molar-refractivity contribution is 0.695. The van der Waals surface area contributed by atoms with Crippen molar-refractivity contribution in [3.8, 4) is 0 Å². The summed E-state index contributed by atoms with van der Waals surface area (Å²) >= 11 is 1.62. The summed E-state index contributed by atoms with van der Waals surface area (Å²) in [5, 5.41) is 5.30. The van der Waals surface area contributed by atoms with Crippen molar-refractivity contribution in [3.63, 3.8) is 0 Å².